The summed E-state index contributed by atoms with van der Waals surface area (Å²) in [5.74, 6) is -0.504. The molecule has 6 nitrogen and oxygen atoms in total. The van der Waals surface area contributed by atoms with E-state index in [9.17, 15) is 9.59 Å². The zero-order valence-corrected chi connectivity index (χ0v) is 19.3. The Kier molecular flexibility index (Phi) is 8.53. The van der Waals surface area contributed by atoms with Gasteiger partial charge in [-0.1, -0.05) is 17.7 Å². The van der Waals surface area contributed by atoms with Gasteiger partial charge in [0.2, 0.25) is 0 Å². The number of carbonyl (C=O) groups excluding carboxylic acids is 1. The largest absolute Gasteiger partial charge is 0.494 e. The van der Waals surface area contributed by atoms with E-state index in [2.05, 4.69) is 5.32 Å². The van der Waals surface area contributed by atoms with Crippen molar-refractivity contribution < 1.29 is 24.2 Å². The second-order valence-electron chi connectivity index (χ2n) is 8.25. The zero-order chi connectivity index (χ0) is 23.1. The molecule has 1 heterocycles. The molecular weight excluding hydrogens is 430 g/mol. The van der Waals surface area contributed by atoms with Crippen molar-refractivity contribution >= 4 is 29.2 Å². The van der Waals surface area contributed by atoms with Gasteiger partial charge in [-0.05, 0) is 86.9 Å². The van der Waals surface area contributed by atoms with Gasteiger partial charge in [-0.25, -0.2) is 0 Å². The van der Waals surface area contributed by atoms with E-state index >= 15 is 0 Å². The first-order chi connectivity index (χ1) is 15.3. The summed E-state index contributed by atoms with van der Waals surface area (Å²) in [5, 5.41) is 12.2. The molecule has 1 saturated heterocycles. The van der Waals surface area contributed by atoms with Gasteiger partial charge in [0, 0.05) is 12.2 Å². The number of ether oxygens (including phenoxy) is 2. The van der Waals surface area contributed by atoms with E-state index in [1.54, 1.807) is 18.2 Å². The molecule has 0 bridgehead atoms. The molecule has 0 aromatic heterocycles. The molecule has 0 spiro atoms. The molecule has 1 amide bonds. The van der Waals surface area contributed by atoms with Crippen LogP contribution in [0.1, 0.15) is 59.2 Å². The van der Waals surface area contributed by atoms with Gasteiger partial charge in [0.05, 0.1) is 29.8 Å². The Morgan fingerprint density at radius 2 is 1.94 bits per heavy atom. The van der Waals surface area contributed by atoms with Crippen molar-refractivity contribution in [2.75, 3.05) is 18.5 Å². The average molecular weight is 460 g/mol. The molecule has 7 heteroatoms. The predicted octanol–water partition coefficient (Wildman–Crippen LogP) is 5.56. The Labute approximate surface area is 193 Å². The van der Waals surface area contributed by atoms with E-state index in [0.717, 1.165) is 49.2 Å². The predicted molar refractivity (Wildman–Crippen MR) is 125 cm³/mol. The number of rotatable bonds is 9. The monoisotopic (exact) mass is 459 g/mol. The standard InChI is InChI=1S/C25H30ClNO5/c1-16-12-20(32-11-5-7-19-6-3-4-10-31-19)13-17(2)24(16)25(30)27-22-14-18(15-23(28)29)8-9-21(22)26/h8-9,12-14,19H,3-7,10-11,15H2,1-2H3,(H,27,30)(H,28,29). The Bertz CT molecular complexity index is 946. The Balaban J connectivity index is 1.61. The minimum absolute atomic E-state index is 0.142. The number of anilines is 1. The molecule has 1 fully saturated rings. The first-order valence-electron chi connectivity index (χ1n) is 11.0. The maximum absolute atomic E-state index is 12.9. The molecule has 1 aliphatic rings. The SMILES string of the molecule is Cc1cc(OCCCC2CCCCO2)cc(C)c1C(=O)Nc1cc(CC(=O)O)ccc1Cl. The van der Waals surface area contributed by atoms with Gasteiger partial charge in [0.15, 0.2) is 0 Å². The molecule has 2 aromatic carbocycles. The van der Waals surface area contributed by atoms with E-state index in [0.29, 0.717) is 34.5 Å². The van der Waals surface area contributed by atoms with Crippen LogP contribution in [0, 0.1) is 13.8 Å². The highest BCUT2D eigenvalue weighted by Crippen LogP contribution is 2.27. The number of aliphatic carboxylic acids is 1. The number of nitrogens with one attached hydrogen (secondary N) is 1. The summed E-state index contributed by atoms with van der Waals surface area (Å²) in [7, 11) is 0. The fourth-order valence-corrected chi connectivity index (χ4v) is 4.20. The maximum atomic E-state index is 12.9. The van der Waals surface area contributed by atoms with Crippen LogP contribution in [0.3, 0.4) is 0 Å². The molecule has 2 N–H and O–H groups in total. The van der Waals surface area contributed by atoms with E-state index in [1.807, 2.05) is 26.0 Å². The first-order valence-corrected chi connectivity index (χ1v) is 11.4. The van der Waals surface area contributed by atoms with Crippen molar-refractivity contribution in [3.8, 4) is 5.75 Å². The number of hydrogen-bond acceptors (Lipinski definition) is 4. The van der Waals surface area contributed by atoms with Crippen LogP contribution in [0.2, 0.25) is 5.02 Å². The Hall–Kier alpha value is -2.57. The van der Waals surface area contributed by atoms with Gasteiger partial charge in [-0.2, -0.15) is 0 Å². The molecule has 1 aliphatic heterocycles. The van der Waals surface area contributed by atoms with Crippen LogP contribution in [0.4, 0.5) is 5.69 Å². The summed E-state index contributed by atoms with van der Waals surface area (Å²) in [4.78, 5) is 23.9. The number of aryl methyl sites for hydroxylation is 2. The van der Waals surface area contributed by atoms with Crippen molar-refractivity contribution in [2.24, 2.45) is 0 Å². The number of benzene rings is 2. The summed E-state index contributed by atoms with van der Waals surface area (Å²) in [5.41, 5.74) is 3.09. The summed E-state index contributed by atoms with van der Waals surface area (Å²) in [6.45, 7) is 5.21. The summed E-state index contributed by atoms with van der Waals surface area (Å²) in [6.07, 6.45) is 5.66. The lowest BCUT2D eigenvalue weighted by molar-refractivity contribution is -0.136. The lowest BCUT2D eigenvalue weighted by Crippen LogP contribution is -2.19. The maximum Gasteiger partial charge on any atom is 0.307 e. The number of amides is 1. The third-order valence-electron chi connectivity index (χ3n) is 5.58. The number of hydrogen-bond donors (Lipinski definition) is 2. The van der Waals surface area contributed by atoms with Crippen LogP contribution in [-0.2, 0) is 16.0 Å². The van der Waals surface area contributed by atoms with Gasteiger partial charge in [-0.3, -0.25) is 9.59 Å². The van der Waals surface area contributed by atoms with Gasteiger partial charge >= 0.3 is 5.97 Å². The quantitative estimate of drug-likeness (QED) is 0.479. The van der Waals surface area contributed by atoms with Crippen LogP contribution < -0.4 is 10.1 Å². The minimum atomic E-state index is -0.946. The number of halogens is 1. The molecular formula is C25H30ClNO5. The van der Waals surface area contributed by atoms with Crippen molar-refractivity contribution in [3.05, 3.63) is 57.6 Å². The second-order valence-corrected chi connectivity index (χ2v) is 8.66. The minimum Gasteiger partial charge on any atom is -0.494 e. The third kappa shape index (κ3) is 6.71. The molecule has 2 aromatic rings. The van der Waals surface area contributed by atoms with E-state index in [4.69, 9.17) is 26.2 Å². The Morgan fingerprint density at radius 3 is 2.59 bits per heavy atom. The fourth-order valence-electron chi connectivity index (χ4n) is 4.04. The topological polar surface area (TPSA) is 84.9 Å². The van der Waals surface area contributed by atoms with Gasteiger partial charge in [0.25, 0.3) is 5.91 Å². The third-order valence-corrected chi connectivity index (χ3v) is 5.91. The smallest absolute Gasteiger partial charge is 0.307 e. The summed E-state index contributed by atoms with van der Waals surface area (Å²) < 4.78 is 11.7. The zero-order valence-electron chi connectivity index (χ0n) is 18.6. The van der Waals surface area contributed by atoms with Crippen LogP contribution in [0.25, 0.3) is 0 Å². The van der Waals surface area contributed by atoms with Gasteiger partial charge < -0.3 is 19.9 Å². The average Bonchev–Trinajstić information content (AvgIpc) is 2.73. The molecule has 32 heavy (non-hydrogen) atoms. The van der Waals surface area contributed by atoms with E-state index in [-0.39, 0.29) is 12.3 Å². The van der Waals surface area contributed by atoms with Crippen LogP contribution >= 0.6 is 11.6 Å². The highest BCUT2D eigenvalue weighted by Gasteiger charge is 2.17. The molecule has 1 unspecified atom stereocenters. The summed E-state index contributed by atoms with van der Waals surface area (Å²) >= 11 is 6.21. The number of carboxylic acid groups (broad SMARTS) is 1. The van der Waals surface area contributed by atoms with E-state index < -0.39 is 5.97 Å². The normalized spacial score (nSPS) is 15.9. The fraction of sp³-hybridized carbons (Fsp3) is 0.440. The Morgan fingerprint density at radius 1 is 1.19 bits per heavy atom. The molecule has 0 saturated carbocycles. The number of carbonyl (C=O) groups is 2. The molecule has 0 radical (unpaired) electrons. The first kappa shape index (κ1) is 24.1. The van der Waals surface area contributed by atoms with Crippen LogP contribution in [-0.4, -0.2) is 36.3 Å². The van der Waals surface area contributed by atoms with Crippen molar-refractivity contribution in [2.45, 2.75) is 58.5 Å². The van der Waals surface area contributed by atoms with Gasteiger partial charge in [-0.15, -0.1) is 0 Å². The van der Waals surface area contributed by atoms with Gasteiger partial charge in [0.1, 0.15) is 5.75 Å². The highest BCUT2D eigenvalue weighted by molar-refractivity contribution is 6.34. The number of carboxylic acids is 1. The van der Waals surface area contributed by atoms with E-state index in [1.165, 1.54) is 6.42 Å². The van der Waals surface area contributed by atoms with Crippen molar-refractivity contribution in [1.29, 1.82) is 0 Å². The molecule has 3 rings (SSSR count). The molecule has 0 aliphatic carbocycles. The van der Waals surface area contributed by atoms with Crippen molar-refractivity contribution in [3.63, 3.8) is 0 Å². The highest BCUT2D eigenvalue weighted by atomic mass is 35.5. The van der Waals surface area contributed by atoms with Crippen LogP contribution in [0.5, 0.6) is 5.75 Å². The van der Waals surface area contributed by atoms with Crippen molar-refractivity contribution in [1.82, 2.24) is 0 Å². The van der Waals surface area contributed by atoms with Crippen LogP contribution in [0.15, 0.2) is 30.3 Å². The lowest BCUT2D eigenvalue weighted by Gasteiger charge is -2.22. The second kappa shape index (κ2) is 11.3. The molecule has 1 atom stereocenters. The molecule has 172 valence electrons. The summed E-state index contributed by atoms with van der Waals surface area (Å²) in [6, 6.07) is 8.54. The lowest BCUT2D eigenvalue weighted by atomic mass is 10.0.